The van der Waals surface area contributed by atoms with Gasteiger partial charge in [-0.05, 0) is 0 Å². The number of rotatable bonds is 27. The van der Waals surface area contributed by atoms with Gasteiger partial charge in [0.1, 0.15) is 140 Å². The Hall–Kier alpha value is -2.89. The van der Waals surface area contributed by atoms with Crippen molar-refractivity contribution in [3.63, 3.8) is 0 Å². The highest BCUT2D eigenvalue weighted by atomic mass is 32.3. The third-order valence-electron chi connectivity index (χ3n) is 13.7. The first kappa shape index (κ1) is 71.9. The highest BCUT2D eigenvalue weighted by Gasteiger charge is 2.58. The van der Waals surface area contributed by atoms with Crippen molar-refractivity contribution in [3.05, 3.63) is 0 Å². The molecule has 5 aliphatic rings. The van der Waals surface area contributed by atoms with Gasteiger partial charge in [-0.1, -0.05) is 0 Å². The molecule has 5 rings (SSSR count). The molecule has 490 valence electrons. The Morgan fingerprint density at radius 1 is 0.452 bits per heavy atom. The van der Waals surface area contributed by atoms with Crippen LogP contribution in [0.2, 0.25) is 0 Å². The van der Waals surface area contributed by atoms with E-state index in [2.05, 4.69) is 24.3 Å². The summed E-state index contributed by atoms with van der Waals surface area (Å²) in [5, 5.41) is 179. The van der Waals surface area contributed by atoms with Crippen molar-refractivity contribution in [1.29, 1.82) is 0 Å². The van der Waals surface area contributed by atoms with Crippen LogP contribution in [0.1, 0.15) is 20.8 Å². The van der Waals surface area contributed by atoms with Gasteiger partial charge in [-0.25, -0.2) is 8.37 Å². The number of nitrogens with one attached hydrogen (secondary N) is 3. The largest absolute Gasteiger partial charge is 0.397 e. The maximum Gasteiger partial charge on any atom is 0.397 e. The second-order valence-corrected chi connectivity index (χ2v) is 22.0. The summed E-state index contributed by atoms with van der Waals surface area (Å²) in [4.78, 5) is 37.4. The van der Waals surface area contributed by atoms with E-state index in [9.17, 15) is 122 Å². The highest BCUT2D eigenvalue weighted by Crippen LogP contribution is 2.37. The SMILES string of the molecule is CC(=O)N[C@H]1[C@H](O[C@H]2[C@@H](O)[C@@H](CO)O[C@@H](O[C@H]3[C@H](O)[C@@H](NC(C)=O)[C@H](O[C@H]4[C@@H](O)[C@@H](CO)O[C@@H](O[C@@H]([C@@H](O)[C@H](O)CO)[C@H](CO)NC(C)=O)[C@@H]4O)O[C@@H]3COS(=O)(=O)O)[C@@H]2O)O[C@H](COS(=O)(=O)O)[C@@H](O[C@@H]2O[C@H](CO)[C@H](O)[C@H](O)[C@H]2O)[C@@H]1O. The lowest BCUT2D eigenvalue weighted by Gasteiger charge is -2.51. The zero-order valence-electron chi connectivity index (χ0n) is 44.3. The molecule has 21 N–H and O–H groups in total. The van der Waals surface area contributed by atoms with Crippen molar-refractivity contribution in [2.45, 2.75) is 199 Å². The zero-order chi connectivity index (χ0) is 63.0. The summed E-state index contributed by atoms with van der Waals surface area (Å²) < 4.78 is 133. The summed E-state index contributed by atoms with van der Waals surface area (Å²) >= 11 is 0. The van der Waals surface area contributed by atoms with Crippen molar-refractivity contribution in [1.82, 2.24) is 16.0 Å². The van der Waals surface area contributed by atoms with Crippen molar-refractivity contribution in [2.75, 3.05) is 46.2 Å². The topological polar surface area (TPSA) is 630 Å². The summed E-state index contributed by atoms with van der Waals surface area (Å²) in [5.41, 5.74) is 0. The molecule has 5 saturated heterocycles. The van der Waals surface area contributed by atoms with Crippen LogP contribution in [-0.4, -0.2) is 349 Å². The van der Waals surface area contributed by atoms with Crippen molar-refractivity contribution < 1.29 is 178 Å². The first-order valence-corrected chi connectivity index (χ1v) is 28.1. The van der Waals surface area contributed by atoms with Crippen LogP contribution in [0.4, 0.5) is 0 Å². The van der Waals surface area contributed by atoms with Crippen LogP contribution in [0.25, 0.3) is 0 Å². The molecule has 0 aromatic carbocycles. The Morgan fingerprint density at radius 3 is 1.19 bits per heavy atom. The molecule has 0 spiro atoms. The fourth-order valence-corrected chi connectivity index (χ4v) is 10.2. The predicted molar refractivity (Wildman–Crippen MR) is 257 cm³/mol. The molecule has 3 amide bonds. The van der Waals surface area contributed by atoms with E-state index in [4.69, 9.17) is 47.4 Å². The molecule has 29 atom stereocenters. The highest BCUT2D eigenvalue weighted by molar-refractivity contribution is 7.81. The molecule has 40 nitrogen and oxygen atoms in total. The number of amides is 3. The van der Waals surface area contributed by atoms with Gasteiger partial charge in [0.15, 0.2) is 31.5 Å². The van der Waals surface area contributed by atoms with Gasteiger partial charge in [0.25, 0.3) is 0 Å². The molecule has 84 heavy (non-hydrogen) atoms. The van der Waals surface area contributed by atoms with Crippen LogP contribution >= 0.6 is 0 Å². The molecule has 42 heteroatoms. The first-order chi connectivity index (χ1) is 39.2. The molecule has 5 fully saturated rings. The minimum absolute atomic E-state index is 0.825. The number of aliphatic hydroxyl groups excluding tert-OH is 16. The van der Waals surface area contributed by atoms with Crippen LogP contribution in [0.3, 0.4) is 0 Å². The summed E-state index contributed by atoms with van der Waals surface area (Å²) in [6.45, 7) is -5.47. The summed E-state index contributed by atoms with van der Waals surface area (Å²) in [6.07, 6.45) is -56.0. The fourth-order valence-electron chi connectivity index (χ4n) is 9.60. The Labute approximate surface area is 476 Å². The third-order valence-corrected chi connectivity index (χ3v) is 14.6. The quantitative estimate of drug-likeness (QED) is 0.0340. The second kappa shape index (κ2) is 31.0. The molecule has 0 aromatic rings. The van der Waals surface area contributed by atoms with Gasteiger partial charge in [-0.15, -0.1) is 0 Å². The van der Waals surface area contributed by atoms with Gasteiger partial charge in [-0.3, -0.25) is 23.5 Å². The lowest BCUT2D eigenvalue weighted by atomic mass is 9.94. The Balaban J connectivity index is 1.48. The predicted octanol–water partition coefficient (Wildman–Crippen LogP) is -14.4. The number of carbonyl (C=O) groups excluding carboxylic acids is 3. The van der Waals surface area contributed by atoms with Gasteiger partial charge < -0.3 is 145 Å². The van der Waals surface area contributed by atoms with Gasteiger partial charge in [-0.2, -0.15) is 16.8 Å². The van der Waals surface area contributed by atoms with E-state index in [1.807, 2.05) is 0 Å². The van der Waals surface area contributed by atoms with Crippen LogP contribution in [0.5, 0.6) is 0 Å². The molecular formula is C42H73N3O37S2. The summed E-state index contributed by atoms with van der Waals surface area (Å²) in [5.74, 6) is -2.83. The summed E-state index contributed by atoms with van der Waals surface area (Å²) in [6, 6.07) is -5.68. The lowest BCUT2D eigenvalue weighted by molar-refractivity contribution is -0.383. The molecule has 0 aliphatic carbocycles. The minimum Gasteiger partial charge on any atom is -0.394 e. The molecule has 0 bridgehead atoms. The number of hydrogen-bond acceptors (Lipinski definition) is 35. The van der Waals surface area contributed by atoms with Crippen molar-refractivity contribution in [3.8, 4) is 0 Å². The van der Waals surface area contributed by atoms with E-state index in [-0.39, 0.29) is 0 Å². The van der Waals surface area contributed by atoms with Gasteiger partial charge in [0.2, 0.25) is 17.7 Å². The van der Waals surface area contributed by atoms with E-state index in [1.165, 1.54) is 0 Å². The standard InChI is InChI=1S/C42H73N3O37S2/c1-11(51)43-14(4-46)33(23(55)15(54)5-47)78-41-31(63)36(25(57)17(7-49)74-41)81-39-22(45-13(3)53)28(60)35(20(77-39)10-72-84(68,69)70)80-42-32(64)37(26(58)18(8-50)75-42)82-38-21(44-12(2)52)27(59)34(19(76-38)9-71-83(65,66)67)79-40-30(62)29(61)24(56)16(6-48)73-40/h14-42,46-50,54-64H,4-10H2,1-3H3,(H,43,51)(H,44,52)(H,45,53)(H,65,66,67)(H,68,69,70)/t14-,15+,16+,17+,18+,19+,20+,21+,22+,23-,24-,25-,26-,27+,28+,29-,30+,31+,32+,33+,34+,35+,36-,37-,38-,39-,40-,41-,42-/m0/s1. The molecule has 0 radical (unpaired) electrons. The van der Waals surface area contributed by atoms with Gasteiger partial charge in [0, 0.05) is 20.8 Å². The molecule has 0 saturated carbocycles. The van der Waals surface area contributed by atoms with Gasteiger partial charge >= 0.3 is 20.8 Å². The van der Waals surface area contributed by atoms with E-state index in [1.54, 1.807) is 0 Å². The van der Waals surface area contributed by atoms with Crippen molar-refractivity contribution in [2.24, 2.45) is 0 Å². The molecular weight excluding hydrogens is 1200 g/mol. The first-order valence-electron chi connectivity index (χ1n) is 25.3. The average Bonchev–Trinajstić information content (AvgIpc) is 3.16. The van der Waals surface area contributed by atoms with Crippen LogP contribution in [0.15, 0.2) is 0 Å². The average molecular weight is 1280 g/mol. The van der Waals surface area contributed by atoms with Gasteiger partial charge in [0.05, 0.1) is 52.3 Å². The van der Waals surface area contributed by atoms with Crippen LogP contribution in [-0.2, 0) is 90.9 Å². The Morgan fingerprint density at radius 2 is 0.821 bits per heavy atom. The Kier molecular flexibility index (Phi) is 26.5. The number of carbonyl (C=O) groups is 3. The smallest absolute Gasteiger partial charge is 0.394 e. The molecule has 5 heterocycles. The van der Waals surface area contributed by atoms with E-state index < -0.39 is 263 Å². The fraction of sp³-hybridized carbons (Fsp3) is 0.929. The zero-order valence-corrected chi connectivity index (χ0v) is 45.9. The van der Waals surface area contributed by atoms with E-state index in [0.717, 1.165) is 20.8 Å². The minimum atomic E-state index is -5.48. The van der Waals surface area contributed by atoms with E-state index in [0.29, 0.717) is 0 Å². The number of hydrogen-bond donors (Lipinski definition) is 21. The molecule has 0 unspecified atom stereocenters. The molecule has 0 aromatic heterocycles. The third kappa shape index (κ3) is 18.1. The summed E-state index contributed by atoms with van der Waals surface area (Å²) in [7, 11) is -10.9. The van der Waals surface area contributed by atoms with Crippen molar-refractivity contribution >= 4 is 38.5 Å². The Bertz CT molecular complexity index is 2340. The number of aliphatic hydroxyl groups is 16. The molecule has 5 aliphatic heterocycles. The monoisotopic (exact) mass is 1280 g/mol. The lowest BCUT2D eigenvalue weighted by Crippen LogP contribution is -2.71. The normalized spacial score (nSPS) is 41.1. The second-order valence-electron chi connectivity index (χ2n) is 19.8. The maximum absolute atomic E-state index is 12.8. The van der Waals surface area contributed by atoms with Crippen LogP contribution in [0, 0.1) is 0 Å². The van der Waals surface area contributed by atoms with E-state index >= 15 is 0 Å². The number of ether oxygens (including phenoxy) is 10. The maximum atomic E-state index is 12.8. The van der Waals surface area contributed by atoms with Crippen LogP contribution < -0.4 is 16.0 Å².